The minimum Gasteiger partial charge on any atom is -0.310 e. The van der Waals surface area contributed by atoms with Crippen LogP contribution in [-0.2, 0) is 6.42 Å². The molecule has 0 amide bonds. The third-order valence-corrected chi connectivity index (χ3v) is 4.48. The fraction of sp³-hybridized carbons (Fsp3) is 0.217. The first-order chi connectivity index (χ1) is 11.8. The topological polar surface area (TPSA) is 3.24 Å². The van der Waals surface area contributed by atoms with Crippen LogP contribution in [0.1, 0.15) is 25.8 Å². The monoisotopic (exact) mass is 315 g/mol. The maximum atomic E-state index is 2.33. The summed E-state index contributed by atoms with van der Waals surface area (Å²) < 4.78 is 0. The third kappa shape index (κ3) is 3.86. The molecule has 0 spiro atoms. The number of anilines is 3. The van der Waals surface area contributed by atoms with Crippen LogP contribution >= 0.6 is 0 Å². The van der Waals surface area contributed by atoms with Crippen LogP contribution in [0.3, 0.4) is 0 Å². The molecule has 1 atom stereocenters. The Labute approximate surface area is 145 Å². The highest BCUT2D eigenvalue weighted by atomic mass is 15.1. The van der Waals surface area contributed by atoms with Gasteiger partial charge in [0.2, 0.25) is 0 Å². The van der Waals surface area contributed by atoms with Gasteiger partial charge in [-0.1, -0.05) is 68.8 Å². The average Bonchev–Trinajstić information content (AvgIpc) is 2.64. The Balaban J connectivity index is 2.02. The SMILES string of the molecule is CCC(C)Cc1cccc(N(c2ccccc2)c2ccccc2)c1. The number of hydrogen-bond acceptors (Lipinski definition) is 1. The van der Waals surface area contributed by atoms with Gasteiger partial charge in [0.15, 0.2) is 0 Å². The van der Waals surface area contributed by atoms with E-state index in [1.165, 1.54) is 29.0 Å². The molecule has 0 saturated carbocycles. The summed E-state index contributed by atoms with van der Waals surface area (Å²) in [7, 11) is 0. The van der Waals surface area contributed by atoms with Crippen molar-refractivity contribution in [1.29, 1.82) is 0 Å². The normalized spacial score (nSPS) is 11.9. The summed E-state index contributed by atoms with van der Waals surface area (Å²) >= 11 is 0. The van der Waals surface area contributed by atoms with Gasteiger partial charge in [-0.3, -0.25) is 0 Å². The number of hydrogen-bond donors (Lipinski definition) is 0. The molecule has 0 aliphatic heterocycles. The van der Waals surface area contributed by atoms with E-state index < -0.39 is 0 Å². The molecule has 0 heterocycles. The van der Waals surface area contributed by atoms with Gasteiger partial charge in [-0.25, -0.2) is 0 Å². The quantitative estimate of drug-likeness (QED) is 0.486. The predicted molar refractivity (Wildman–Crippen MR) is 104 cm³/mol. The zero-order valence-electron chi connectivity index (χ0n) is 14.5. The summed E-state index contributed by atoms with van der Waals surface area (Å²) in [6.07, 6.45) is 2.34. The maximum absolute atomic E-state index is 2.33. The lowest BCUT2D eigenvalue weighted by Gasteiger charge is -2.26. The van der Waals surface area contributed by atoms with E-state index in [9.17, 15) is 0 Å². The first kappa shape index (κ1) is 16.3. The lowest BCUT2D eigenvalue weighted by atomic mass is 9.98. The third-order valence-electron chi connectivity index (χ3n) is 4.48. The fourth-order valence-corrected chi connectivity index (χ4v) is 2.97. The van der Waals surface area contributed by atoms with Crippen LogP contribution in [0.25, 0.3) is 0 Å². The Morgan fingerprint density at radius 1 is 0.708 bits per heavy atom. The van der Waals surface area contributed by atoms with Crippen LogP contribution < -0.4 is 4.90 Å². The second kappa shape index (κ2) is 7.83. The highest BCUT2D eigenvalue weighted by Gasteiger charge is 2.12. The van der Waals surface area contributed by atoms with Gasteiger partial charge in [-0.15, -0.1) is 0 Å². The molecule has 0 N–H and O–H groups in total. The maximum Gasteiger partial charge on any atom is 0.0464 e. The first-order valence-corrected chi connectivity index (χ1v) is 8.77. The number of nitrogens with zero attached hydrogens (tertiary/aromatic N) is 1. The van der Waals surface area contributed by atoms with Crippen molar-refractivity contribution in [3.63, 3.8) is 0 Å². The van der Waals surface area contributed by atoms with Crippen LogP contribution in [0.15, 0.2) is 84.9 Å². The lowest BCUT2D eigenvalue weighted by molar-refractivity contribution is 0.560. The summed E-state index contributed by atoms with van der Waals surface area (Å²) in [5.41, 5.74) is 4.99. The van der Waals surface area contributed by atoms with Crippen molar-refractivity contribution in [3.8, 4) is 0 Å². The Bertz CT molecular complexity index is 710. The van der Waals surface area contributed by atoms with E-state index in [2.05, 4.69) is 104 Å². The van der Waals surface area contributed by atoms with Crippen LogP contribution in [0.5, 0.6) is 0 Å². The molecule has 0 saturated heterocycles. The highest BCUT2D eigenvalue weighted by molar-refractivity contribution is 5.76. The van der Waals surface area contributed by atoms with Crippen molar-refractivity contribution >= 4 is 17.1 Å². The molecule has 24 heavy (non-hydrogen) atoms. The van der Waals surface area contributed by atoms with E-state index in [0.717, 1.165) is 6.42 Å². The molecule has 3 aromatic rings. The van der Waals surface area contributed by atoms with Crippen LogP contribution in [0.4, 0.5) is 17.1 Å². The minimum absolute atomic E-state index is 0.710. The van der Waals surface area contributed by atoms with Crippen LogP contribution in [0, 0.1) is 5.92 Å². The number of para-hydroxylation sites is 2. The summed E-state index contributed by atoms with van der Waals surface area (Å²) in [4.78, 5) is 2.32. The fourth-order valence-electron chi connectivity index (χ4n) is 2.97. The van der Waals surface area contributed by atoms with Gasteiger partial charge in [-0.2, -0.15) is 0 Å². The largest absolute Gasteiger partial charge is 0.310 e. The molecule has 0 aliphatic carbocycles. The molecule has 1 nitrogen and oxygen atoms in total. The van der Waals surface area contributed by atoms with Crippen LogP contribution in [0.2, 0.25) is 0 Å². The van der Waals surface area contributed by atoms with E-state index in [4.69, 9.17) is 0 Å². The van der Waals surface area contributed by atoms with E-state index >= 15 is 0 Å². The van der Waals surface area contributed by atoms with Gasteiger partial charge in [0.25, 0.3) is 0 Å². The first-order valence-electron chi connectivity index (χ1n) is 8.77. The van der Waals surface area contributed by atoms with Gasteiger partial charge in [0, 0.05) is 17.1 Å². The van der Waals surface area contributed by atoms with Gasteiger partial charge >= 0.3 is 0 Å². The molecule has 122 valence electrons. The summed E-state index contributed by atoms with van der Waals surface area (Å²) in [5, 5.41) is 0. The second-order valence-corrected chi connectivity index (χ2v) is 6.39. The Kier molecular flexibility index (Phi) is 5.32. The van der Waals surface area contributed by atoms with Gasteiger partial charge in [0.05, 0.1) is 0 Å². The Hall–Kier alpha value is -2.54. The molecule has 0 fully saturated rings. The molecule has 0 aromatic heterocycles. The van der Waals surface area contributed by atoms with Crippen molar-refractivity contribution in [2.45, 2.75) is 26.7 Å². The average molecular weight is 315 g/mol. The summed E-state index contributed by atoms with van der Waals surface area (Å²) in [6, 6.07) is 30.1. The second-order valence-electron chi connectivity index (χ2n) is 6.39. The predicted octanol–water partition coefficient (Wildman–Crippen LogP) is 6.75. The van der Waals surface area contributed by atoms with E-state index in [1.807, 2.05) is 0 Å². The van der Waals surface area contributed by atoms with Gasteiger partial charge in [0.1, 0.15) is 0 Å². The lowest BCUT2D eigenvalue weighted by Crippen LogP contribution is -2.10. The van der Waals surface area contributed by atoms with Crippen LogP contribution in [-0.4, -0.2) is 0 Å². The standard InChI is InChI=1S/C23H25N/c1-3-19(2)17-20-11-10-16-23(18-20)24(21-12-6-4-7-13-21)22-14-8-5-9-15-22/h4-16,18-19H,3,17H2,1-2H3. The Morgan fingerprint density at radius 2 is 1.25 bits per heavy atom. The Morgan fingerprint density at radius 3 is 1.79 bits per heavy atom. The summed E-state index contributed by atoms with van der Waals surface area (Å²) in [6.45, 7) is 4.58. The molecule has 3 aromatic carbocycles. The highest BCUT2D eigenvalue weighted by Crippen LogP contribution is 2.34. The van der Waals surface area contributed by atoms with E-state index in [0.29, 0.717) is 5.92 Å². The van der Waals surface area contributed by atoms with Crippen molar-refractivity contribution < 1.29 is 0 Å². The van der Waals surface area contributed by atoms with Crippen molar-refractivity contribution in [1.82, 2.24) is 0 Å². The molecule has 3 rings (SSSR count). The molecule has 0 radical (unpaired) electrons. The number of benzene rings is 3. The van der Waals surface area contributed by atoms with Crippen molar-refractivity contribution in [3.05, 3.63) is 90.5 Å². The molecule has 0 bridgehead atoms. The number of rotatable bonds is 6. The smallest absolute Gasteiger partial charge is 0.0464 e. The van der Waals surface area contributed by atoms with Crippen molar-refractivity contribution in [2.24, 2.45) is 5.92 Å². The molecule has 0 aliphatic rings. The summed E-state index contributed by atoms with van der Waals surface area (Å²) in [5.74, 6) is 0.710. The van der Waals surface area contributed by atoms with E-state index in [1.54, 1.807) is 0 Å². The molecular weight excluding hydrogens is 290 g/mol. The zero-order valence-corrected chi connectivity index (χ0v) is 14.5. The zero-order chi connectivity index (χ0) is 16.8. The molecule has 1 heteroatoms. The van der Waals surface area contributed by atoms with E-state index in [-0.39, 0.29) is 0 Å². The van der Waals surface area contributed by atoms with Gasteiger partial charge < -0.3 is 4.90 Å². The van der Waals surface area contributed by atoms with Gasteiger partial charge in [-0.05, 0) is 54.3 Å². The van der Waals surface area contributed by atoms with Crippen molar-refractivity contribution in [2.75, 3.05) is 4.90 Å². The minimum atomic E-state index is 0.710. The molecular formula is C23H25N. The molecule has 1 unspecified atom stereocenters.